The summed E-state index contributed by atoms with van der Waals surface area (Å²) in [5.74, 6) is -0.312. The van der Waals surface area contributed by atoms with Gasteiger partial charge >= 0.3 is 12.1 Å². The molecule has 0 aliphatic rings. The average Bonchev–Trinajstić information content (AvgIpc) is 2.60. The molecular weight excluding hydrogens is 365 g/mol. The number of hydrogen-bond acceptors (Lipinski definition) is 4. The highest BCUT2D eigenvalue weighted by Crippen LogP contribution is 2.35. The number of aryl methyl sites for hydroxylation is 1. The molecule has 0 bridgehead atoms. The Balaban J connectivity index is 2.30. The topological polar surface area (TPSA) is 72.8 Å². The second-order valence-electron chi connectivity index (χ2n) is 5.57. The highest BCUT2D eigenvalue weighted by atomic mass is 19.4. The molecule has 0 saturated heterocycles. The molecule has 0 saturated carbocycles. The lowest BCUT2D eigenvalue weighted by molar-refractivity contribution is -0.138. The molecule has 0 radical (unpaired) electrons. The van der Waals surface area contributed by atoms with Gasteiger partial charge in [-0.1, -0.05) is 6.07 Å². The summed E-state index contributed by atoms with van der Waals surface area (Å²) in [5.41, 5.74) is -0.525. The SMILES string of the molecule is CCOc1cc(Oc2ccc(C(F)(F)F)cc2C=O)ccc1CCC(=O)O. The number of carbonyl (C=O) groups excluding carboxylic acids is 1. The van der Waals surface area contributed by atoms with Crippen molar-refractivity contribution in [2.45, 2.75) is 25.9 Å². The fourth-order valence-corrected chi connectivity index (χ4v) is 2.37. The van der Waals surface area contributed by atoms with Crippen molar-refractivity contribution in [2.75, 3.05) is 6.61 Å². The minimum Gasteiger partial charge on any atom is -0.493 e. The second-order valence-corrected chi connectivity index (χ2v) is 5.57. The summed E-state index contributed by atoms with van der Waals surface area (Å²) in [5, 5.41) is 8.80. The third-order valence-electron chi connectivity index (χ3n) is 3.64. The molecule has 0 unspecified atom stereocenters. The molecule has 27 heavy (non-hydrogen) atoms. The summed E-state index contributed by atoms with van der Waals surface area (Å²) in [6.45, 7) is 2.10. The summed E-state index contributed by atoms with van der Waals surface area (Å²) < 4.78 is 49.3. The molecule has 0 spiro atoms. The fourth-order valence-electron chi connectivity index (χ4n) is 2.37. The fraction of sp³-hybridized carbons (Fsp3) is 0.263. The van der Waals surface area contributed by atoms with Crippen molar-refractivity contribution >= 4 is 12.3 Å². The normalized spacial score (nSPS) is 11.1. The molecule has 2 rings (SSSR count). The second kappa shape index (κ2) is 8.57. The number of benzene rings is 2. The van der Waals surface area contributed by atoms with Crippen LogP contribution in [0.5, 0.6) is 17.2 Å². The van der Waals surface area contributed by atoms with Gasteiger partial charge in [0.25, 0.3) is 0 Å². The van der Waals surface area contributed by atoms with Crippen molar-refractivity contribution in [1.82, 2.24) is 0 Å². The van der Waals surface area contributed by atoms with Crippen molar-refractivity contribution in [3.63, 3.8) is 0 Å². The molecule has 0 atom stereocenters. The molecule has 8 heteroatoms. The number of aliphatic carboxylic acids is 1. The first kappa shape index (κ1) is 20.3. The van der Waals surface area contributed by atoms with Crippen LogP contribution in [0.2, 0.25) is 0 Å². The van der Waals surface area contributed by atoms with E-state index in [1.54, 1.807) is 13.0 Å². The van der Waals surface area contributed by atoms with E-state index in [0.29, 0.717) is 24.0 Å². The molecule has 1 N–H and O–H groups in total. The van der Waals surface area contributed by atoms with E-state index in [2.05, 4.69) is 0 Å². The lowest BCUT2D eigenvalue weighted by Crippen LogP contribution is -2.06. The third-order valence-corrected chi connectivity index (χ3v) is 3.64. The molecule has 0 aliphatic carbocycles. The highest BCUT2D eigenvalue weighted by molar-refractivity contribution is 5.80. The van der Waals surface area contributed by atoms with Gasteiger partial charge in [-0.25, -0.2) is 0 Å². The molecule has 2 aromatic rings. The van der Waals surface area contributed by atoms with E-state index in [1.807, 2.05) is 0 Å². The first-order valence-corrected chi connectivity index (χ1v) is 8.06. The van der Waals surface area contributed by atoms with Gasteiger partial charge in [0.2, 0.25) is 0 Å². The van der Waals surface area contributed by atoms with Gasteiger partial charge in [-0.2, -0.15) is 13.2 Å². The minimum absolute atomic E-state index is 0.0289. The molecule has 0 heterocycles. The van der Waals surface area contributed by atoms with E-state index in [-0.39, 0.29) is 36.2 Å². The Kier molecular flexibility index (Phi) is 6.44. The van der Waals surface area contributed by atoms with Crippen LogP contribution in [0.4, 0.5) is 13.2 Å². The summed E-state index contributed by atoms with van der Waals surface area (Å²) in [6, 6.07) is 7.28. The zero-order chi connectivity index (χ0) is 20.0. The minimum atomic E-state index is -4.57. The van der Waals surface area contributed by atoms with Crippen molar-refractivity contribution < 1.29 is 37.3 Å². The van der Waals surface area contributed by atoms with Gasteiger partial charge in [0, 0.05) is 12.5 Å². The number of carboxylic acid groups (broad SMARTS) is 1. The van der Waals surface area contributed by atoms with Crippen LogP contribution in [0.15, 0.2) is 36.4 Å². The molecule has 0 aromatic heterocycles. The number of halogens is 3. The number of alkyl halides is 3. The lowest BCUT2D eigenvalue weighted by Gasteiger charge is -2.14. The molecule has 144 valence electrons. The Labute approximate surface area is 153 Å². The van der Waals surface area contributed by atoms with Crippen LogP contribution in [0.1, 0.15) is 34.8 Å². The molecule has 0 aliphatic heterocycles. The number of ether oxygens (including phenoxy) is 2. The summed E-state index contributed by atoms with van der Waals surface area (Å²) >= 11 is 0. The number of carbonyl (C=O) groups is 2. The van der Waals surface area contributed by atoms with Gasteiger partial charge < -0.3 is 14.6 Å². The third kappa shape index (κ3) is 5.47. The van der Waals surface area contributed by atoms with E-state index in [4.69, 9.17) is 14.6 Å². The first-order valence-electron chi connectivity index (χ1n) is 8.06. The zero-order valence-corrected chi connectivity index (χ0v) is 14.4. The Morgan fingerprint density at radius 3 is 2.48 bits per heavy atom. The summed E-state index contributed by atoms with van der Waals surface area (Å²) in [7, 11) is 0. The smallest absolute Gasteiger partial charge is 0.416 e. The van der Waals surface area contributed by atoms with Crippen LogP contribution in [0.25, 0.3) is 0 Å². The quantitative estimate of drug-likeness (QED) is 0.669. The van der Waals surface area contributed by atoms with E-state index in [0.717, 1.165) is 12.1 Å². The predicted octanol–water partition coefficient (Wildman–Crippen LogP) is 4.73. The van der Waals surface area contributed by atoms with Gasteiger partial charge in [-0.15, -0.1) is 0 Å². The van der Waals surface area contributed by atoms with Crippen LogP contribution in [0, 0.1) is 0 Å². The standard InChI is InChI=1S/C19H17F3O5/c1-2-26-17-10-15(6-3-12(17)4-8-18(24)25)27-16-7-5-14(19(20,21)22)9-13(16)11-23/h3,5-7,9-11H,2,4,8H2,1H3,(H,24,25). The molecule has 0 amide bonds. The number of aldehydes is 1. The van der Waals surface area contributed by atoms with E-state index < -0.39 is 17.7 Å². The Bertz CT molecular complexity index is 831. The van der Waals surface area contributed by atoms with Crippen LogP contribution in [-0.4, -0.2) is 24.0 Å². The van der Waals surface area contributed by atoms with Crippen LogP contribution < -0.4 is 9.47 Å². The van der Waals surface area contributed by atoms with E-state index in [9.17, 15) is 22.8 Å². The Morgan fingerprint density at radius 2 is 1.89 bits per heavy atom. The lowest BCUT2D eigenvalue weighted by atomic mass is 10.1. The van der Waals surface area contributed by atoms with Crippen molar-refractivity contribution in [1.29, 1.82) is 0 Å². The van der Waals surface area contributed by atoms with Gasteiger partial charge in [0.1, 0.15) is 17.2 Å². The highest BCUT2D eigenvalue weighted by Gasteiger charge is 2.31. The number of carboxylic acids is 1. The van der Waals surface area contributed by atoms with E-state index >= 15 is 0 Å². The van der Waals surface area contributed by atoms with Crippen molar-refractivity contribution in [2.24, 2.45) is 0 Å². The largest absolute Gasteiger partial charge is 0.493 e. The van der Waals surface area contributed by atoms with Gasteiger partial charge in [0.05, 0.1) is 17.7 Å². The number of hydrogen-bond donors (Lipinski definition) is 1. The van der Waals surface area contributed by atoms with E-state index in [1.165, 1.54) is 12.1 Å². The molecular formula is C19H17F3O5. The average molecular weight is 382 g/mol. The maximum atomic E-state index is 12.8. The predicted molar refractivity (Wildman–Crippen MR) is 90.5 cm³/mol. The van der Waals surface area contributed by atoms with Gasteiger partial charge in [-0.3, -0.25) is 9.59 Å². The van der Waals surface area contributed by atoms with Gasteiger partial charge in [-0.05, 0) is 43.2 Å². The van der Waals surface area contributed by atoms with Crippen LogP contribution >= 0.6 is 0 Å². The number of rotatable bonds is 8. The van der Waals surface area contributed by atoms with Crippen LogP contribution in [0.3, 0.4) is 0 Å². The zero-order valence-electron chi connectivity index (χ0n) is 14.4. The molecule has 0 fully saturated rings. The van der Waals surface area contributed by atoms with Crippen molar-refractivity contribution in [3.05, 3.63) is 53.1 Å². The maximum Gasteiger partial charge on any atom is 0.416 e. The first-order chi connectivity index (χ1) is 12.7. The van der Waals surface area contributed by atoms with Crippen molar-refractivity contribution in [3.8, 4) is 17.2 Å². The summed E-state index contributed by atoms with van der Waals surface area (Å²) in [4.78, 5) is 21.9. The molecule has 2 aromatic carbocycles. The molecule has 5 nitrogen and oxygen atoms in total. The Morgan fingerprint density at radius 1 is 1.15 bits per heavy atom. The maximum absolute atomic E-state index is 12.8. The van der Waals surface area contributed by atoms with Gasteiger partial charge in [0.15, 0.2) is 6.29 Å². The Hall–Kier alpha value is -3.03. The summed E-state index contributed by atoms with van der Waals surface area (Å²) in [6.07, 6.45) is -4.10. The monoisotopic (exact) mass is 382 g/mol. The van der Waals surface area contributed by atoms with Crippen LogP contribution in [-0.2, 0) is 17.4 Å².